The average Bonchev–Trinajstić information content (AvgIpc) is 3.08. The number of amides is 1. The van der Waals surface area contributed by atoms with Crippen molar-refractivity contribution in [2.45, 2.75) is 39.0 Å². The highest BCUT2D eigenvalue weighted by Crippen LogP contribution is 2.26. The molecule has 0 spiro atoms. The maximum Gasteiger partial charge on any atom is 0.231 e. The molecule has 3 heterocycles. The lowest BCUT2D eigenvalue weighted by Crippen LogP contribution is -2.40. The van der Waals surface area contributed by atoms with Crippen LogP contribution in [-0.2, 0) is 11.2 Å². The van der Waals surface area contributed by atoms with Crippen LogP contribution in [0.1, 0.15) is 41.2 Å². The highest BCUT2D eigenvalue weighted by molar-refractivity contribution is 7.09. The number of aromatic nitrogens is 3. The maximum atomic E-state index is 12.4. The second kappa shape index (κ2) is 5.93. The van der Waals surface area contributed by atoms with Crippen LogP contribution in [0.2, 0.25) is 0 Å². The first-order valence-electron chi connectivity index (χ1n) is 7.11. The fourth-order valence-electron chi connectivity index (χ4n) is 2.64. The van der Waals surface area contributed by atoms with Crippen molar-refractivity contribution in [1.82, 2.24) is 20.0 Å². The molecule has 1 saturated heterocycles. The van der Waals surface area contributed by atoms with Crippen molar-refractivity contribution < 1.29 is 9.32 Å². The molecule has 3 rings (SSSR count). The van der Waals surface area contributed by atoms with Crippen LogP contribution in [0.3, 0.4) is 0 Å². The van der Waals surface area contributed by atoms with Crippen LogP contribution in [0, 0.1) is 13.8 Å². The molecule has 0 aromatic carbocycles. The van der Waals surface area contributed by atoms with Crippen LogP contribution in [-0.4, -0.2) is 39.0 Å². The lowest BCUT2D eigenvalue weighted by molar-refractivity contribution is -0.131. The second-order valence-corrected chi connectivity index (χ2v) is 6.46. The molecule has 6 nitrogen and oxygen atoms in total. The third-order valence-corrected chi connectivity index (χ3v) is 4.49. The first kappa shape index (κ1) is 14.2. The first-order valence-corrected chi connectivity index (χ1v) is 7.99. The molecule has 21 heavy (non-hydrogen) atoms. The fraction of sp³-hybridized carbons (Fsp3) is 0.571. The van der Waals surface area contributed by atoms with Crippen molar-refractivity contribution in [3.8, 4) is 0 Å². The second-order valence-electron chi connectivity index (χ2n) is 5.39. The van der Waals surface area contributed by atoms with E-state index >= 15 is 0 Å². The zero-order valence-corrected chi connectivity index (χ0v) is 13.0. The van der Waals surface area contributed by atoms with Gasteiger partial charge in [-0.1, -0.05) is 5.16 Å². The minimum Gasteiger partial charge on any atom is -0.342 e. The van der Waals surface area contributed by atoms with Gasteiger partial charge < -0.3 is 9.42 Å². The Balaban J connectivity index is 1.64. The van der Waals surface area contributed by atoms with Crippen LogP contribution >= 0.6 is 11.3 Å². The standard InChI is InChI=1S/C14H18N4O2S/c1-9-15-14(20-17-9)11-4-3-5-18(7-11)13(19)6-12-8-21-10(2)16-12/h8,11H,3-7H2,1-2H3. The highest BCUT2D eigenvalue weighted by atomic mass is 32.1. The van der Waals surface area contributed by atoms with Gasteiger partial charge in [0.15, 0.2) is 5.82 Å². The molecule has 7 heteroatoms. The monoisotopic (exact) mass is 306 g/mol. The van der Waals surface area contributed by atoms with Crippen LogP contribution in [0.5, 0.6) is 0 Å². The van der Waals surface area contributed by atoms with E-state index in [1.807, 2.05) is 24.1 Å². The van der Waals surface area contributed by atoms with Crippen molar-refractivity contribution in [1.29, 1.82) is 0 Å². The molecule has 0 N–H and O–H groups in total. The highest BCUT2D eigenvalue weighted by Gasteiger charge is 2.28. The van der Waals surface area contributed by atoms with Gasteiger partial charge >= 0.3 is 0 Å². The van der Waals surface area contributed by atoms with E-state index in [-0.39, 0.29) is 11.8 Å². The number of piperidine rings is 1. The number of aryl methyl sites for hydroxylation is 2. The van der Waals surface area contributed by atoms with E-state index in [2.05, 4.69) is 15.1 Å². The van der Waals surface area contributed by atoms with Crippen molar-refractivity contribution in [2.24, 2.45) is 0 Å². The molecule has 0 radical (unpaired) electrons. The van der Waals surface area contributed by atoms with E-state index in [0.717, 1.165) is 30.1 Å². The van der Waals surface area contributed by atoms with E-state index in [0.29, 0.717) is 24.7 Å². The zero-order chi connectivity index (χ0) is 14.8. The fourth-order valence-corrected chi connectivity index (χ4v) is 3.25. The van der Waals surface area contributed by atoms with E-state index in [1.54, 1.807) is 11.3 Å². The van der Waals surface area contributed by atoms with Gasteiger partial charge in [0.2, 0.25) is 11.8 Å². The Hall–Kier alpha value is -1.76. The normalized spacial score (nSPS) is 19.0. The summed E-state index contributed by atoms with van der Waals surface area (Å²) in [4.78, 5) is 22.9. The van der Waals surface area contributed by atoms with Gasteiger partial charge in [0.25, 0.3) is 0 Å². The minimum atomic E-state index is 0.126. The SMILES string of the molecule is Cc1noc(C2CCCN(C(=O)Cc3csc(C)n3)C2)n1. The summed E-state index contributed by atoms with van der Waals surface area (Å²) in [6.07, 6.45) is 2.33. The molecule has 1 aliphatic rings. The molecule has 1 amide bonds. The van der Waals surface area contributed by atoms with E-state index in [4.69, 9.17) is 4.52 Å². The molecule has 112 valence electrons. The summed E-state index contributed by atoms with van der Waals surface area (Å²) in [5, 5.41) is 6.78. The molecule has 1 aliphatic heterocycles. The summed E-state index contributed by atoms with van der Waals surface area (Å²) in [5.74, 6) is 1.57. The predicted octanol–water partition coefficient (Wildman–Crippen LogP) is 2.09. The van der Waals surface area contributed by atoms with Gasteiger partial charge in [-0.15, -0.1) is 11.3 Å². The molecule has 0 aliphatic carbocycles. The summed E-state index contributed by atoms with van der Waals surface area (Å²) < 4.78 is 5.24. The summed E-state index contributed by atoms with van der Waals surface area (Å²) in [6, 6.07) is 0. The number of likely N-dealkylation sites (tertiary alicyclic amines) is 1. The molecule has 1 fully saturated rings. The Morgan fingerprint density at radius 2 is 2.33 bits per heavy atom. The molecular weight excluding hydrogens is 288 g/mol. The summed E-state index contributed by atoms with van der Waals surface area (Å²) >= 11 is 1.58. The number of rotatable bonds is 3. The Labute approximate surface area is 127 Å². The van der Waals surface area contributed by atoms with E-state index in [9.17, 15) is 4.79 Å². The Morgan fingerprint density at radius 3 is 3.00 bits per heavy atom. The Kier molecular flexibility index (Phi) is 4.01. The number of hydrogen-bond acceptors (Lipinski definition) is 6. The number of thiazole rings is 1. The van der Waals surface area contributed by atoms with Crippen molar-refractivity contribution in [3.05, 3.63) is 27.8 Å². The topological polar surface area (TPSA) is 72.1 Å². The Bertz CT molecular complexity index is 636. The van der Waals surface area contributed by atoms with Gasteiger partial charge in [-0.2, -0.15) is 4.98 Å². The van der Waals surface area contributed by atoms with E-state index in [1.165, 1.54) is 0 Å². The molecule has 0 bridgehead atoms. The zero-order valence-electron chi connectivity index (χ0n) is 12.2. The molecule has 1 atom stereocenters. The Morgan fingerprint density at radius 1 is 1.48 bits per heavy atom. The number of nitrogens with zero attached hydrogens (tertiary/aromatic N) is 4. The quantitative estimate of drug-likeness (QED) is 0.868. The van der Waals surface area contributed by atoms with Gasteiger partial charge in [-0.25, -0.2) is 4.98 Å². The van der Waals surface area contributed by atoms with Crippen LogP contribution in [0.25, 0.3) is 0 Å². The average molecular weight is 306 g/mol. The molecule has 1 unspecified atom stereocenters. The largest absolute Gasteiger partial charge is 0.342 e. The number of carbonyl (C=O) groups excluding carboxylic acids is 1. The molecule has 2 aromatic rings. The van der Waals surface area contributed by atoms with Gasteiger partial charge in [-0.05, 0) is 26.7 Å². The van der Waals surface area contributed by atoms with Crippen LogP contribution < -0.4 is 0 Å². The summed E-state index contributed by atoms with van der Waals surface area (Å²) in [5.41, 5.74) is 0.859. The van der Waals surface area contributed by atoms with Gasteiger partial charge in [0, 0.05) is 18.5 Å². The smallest absolute Gasteiger partial charge is 0.231 e. The number of hydrogen-bond donors (Lipinski definition) is 0. The number of carbonyl (C=O) groups is 1. The van der Waals surface area contributed by atoms with Gasteiger partial charge in [0.1, 0.15) is 0 Å². The molecule has 0 saturated carbocycles. The maximum absolute atomic E-state index is 12.4. The van der Waals surface area contributed by atoms with Gasteiger partial charge in [0.05, 0.1) is 23.0 Å². The first-order chi connectivity index (χ1) is 10.1. The van der Waals surface area contributed by atoms with Crippen LogP contribution in [0.4, 0.5) is 0 Å². The summed E-state index contributed by atoms with van der Waals surface area (Å²) in [6.45, 7) is 5.21. The van der Waals surface area contributed by atoms with Crippen molar-refractivity contribution in [3.63, 3.8) is 0 Å². The third-order valence-electron chi connectivity index (χ3n) is 3.67. The predicted molar refractivity (Wildman–Crippen MR) is 78.1 cm³/mol. The minimum absolute atomic E-state index is 0.126. The third kappa shape index (κ3) is 3.29. The van der Waals surface area contributed by atoms with Crippen molar-refractivity contribution >= 4 is 17.2 Å². The molecular formula is C14H18N4O2S. The lowest BCUT2D eigenvalue weighted by atomic mass is 9.97. The summed E-state index contributed by atoms with van der Waals surface area (Å²) in [7, 11) is 0. The van der Waals surface area contributed by atoms with Gasteiger partial charge in [-0.3, -0.25) is 4.79 Å². The lowest BCUT2D eigenvalue weighted by Gasteiger charge is -2.30. The van der Waals surface area contributed by atoms with E-state index < -0.39 is 0 Å². The molecule has 2 aromatic heterocycles. The van der Waals surface area contributed by atoms with Crippen LogP contribution in [0.15, 0.2) is 9.90 Å². The van der Waals surface area contributed by atoms with Crippen molar-refractivity contribution in [2.75, 3.05) is 13.1 Å².